The Morgan fingerprint density at radius 3 is 2.58 bits per heavy atom. The predicted octanol–water partition coefficient (Wildman–Crippen LogP) is 4.27. The van der Waals surface area contributed by atoms with Gasteiger partial charge in [0.25, 0.3) is 0 Å². The molecule has 0 spiro atoms. The van der Waals surface area contributed by atoms with Crippen LogP contribution in [0.5, 0.6) is 0 Å². The third-order valence-corrected chi connectivity index (χ3v) is 5.18. The quantitative estimate of drug-likeness (QED) is 0.713. The van der Waals surface area contributed by atoms with Gasteiger partial charge in [0.15, 0.2) is 0 Å². The van der Waals surface area contributed by atoms with Crippen molar-refractivity contribution in [3.8, 4) is 0 Å². The molecule has 0 aromatic carbocycles. The summed E-state index contributed by atoms with van der Waals surface area (Å²) in [6.07, 6.45) is 9.18. The van der Waals surface area contributed by atoms with Crippen molar-refractivity contribution in [2.24, 2.45) is 5.92 Å². The van der Waals surface area contributed by atoms with Gasteiger partial charge in [0.1, 0.15) is 11.8 Å². The van der Waals surface area contributed by atoms with Gasteiger partial charge in [-0.1, -0.05) is 40.0 Å². The highest BCUT2D eigenvalue weighted by atomic mass is 16.3. The fourth-order valence-electron chi connectivity index (χ4n) is 3.59. The summed E-state index contributed by atoms with van der Waals surface area (Å²) >= 11 is 0. The van der Waals surface area contributed by atoms with Crippen LogP contribution in [0, 0.1) is 5.92 Å². The SMILES string of the molecule is CCC(C(=O)NC1CCCCC1)N(Cc1ccco1)C(=O)CCC(C)C. The fourth-order valence-corrected chi connectivity index (χ4v) is 3.59. The molecule has 1 heterocycles. The van der Waals surface area contributed by atoms with E-state index in [9.17, 15) is 9.59 Å². The number of carbonyl (C=O) groups excluding carboxylic acids is 2. The lowest BCUT2D eigenvalue weighted by molar-refractivity contribution is -0.142. The first-order chi connectivity index (χ1) is 12.5. The van der Waals surface area contributed by atoms with Crippen molar-refractivity contribution in [2.45, 2.75) is 90.8 Å². The number of nitrogens with zero attached hydrogens (tertiary/aromatic N) is 1. The van der Waals surface area contributed by atoms with Crippen LogP contribution < -0.4 is 5.32 Å². The van der Waals surface area contributed by atoms with Gasteiger partial charge in [-0.25, -0.2) is 0 Å². The van der Waals surface area contributed by atoms with Gasteiger partial charge in [0, 0.05) is 12.5 Å². The van der Waals surface area contributed by atoms with E-state index in [0.29, 0.717) is 31.1 Å². The zero-order valence-corrected chi connectivity index (χ0v) is 16.5. The summed E-state index contributed by atoms with van der Waals surface area (Å²) in [5.74, 6) is 1.18. The van der Waals surface area contributed by atoms with E-state index in [0.717, 1.165) is 19.3 Å². The van der Waals surface area contributed by atoms with Gasteiger partial charge in [-0.2, -0.15) is 0 Å². The summed E-state index contributed by atoms with van der Waals surface area (Å²) in [5.41, 5.74) is 0. The van der Waals surface area contributed by atoms with E-state index in [1.54, 1.807) is 11.2 Å². The minimum Gasteiger partial charge on any atom is -0.467 e. The van der Waals surface area contributed by atoms with Crippen molar-refractivity contribution < 1.29 is 14.0 Å². The number of rotatable bonds is 9. The van der Waals surface area contributed by atoms with Gasteiger partial charge < -0.3 is 14.6 Å². The van der Waals surface area contributed by atoms with E-state index >= 15 is 0 Å². The number of carbonyl (C=O) groups is 2. The number of hydrogen-bond acceptors (Lipinski definition) is 3. The second-order valence-electron chi connectivity index (χ2n) is 7.80. The molecule has 2 rings (SSSR count). The Kier molecular flexibility index (Phi) is 8.20. The van der Waals surface area contributed by atoms with Crippen LogP contribution in [-0.4, -0.2) is 28.8 Å². The van der Waals surface area contributed by atoms with Gasteiger partial charge in [-0.3, -0.25) is 9.59 Å². The first-order valence-electron chi connectivity index (χ1n) is 10.1. The van der Waals surface area contributed by atoms with Crippen molar-refractivity contribution in [1.82, 2.24) is 10.2 Å². The lowest BCUT2D eigenvalue weighted by Crippen LogP contribution is -2.51. The molecule has 0 radical (unpaired) electrons. The Morgan fingerprint density at radius 2 is 2.00 bits per heavy atom. The van der Waals surface area contributed by atoms with E-state index in [4.69, 9.17) is 4.42 Å². The third kappa shape index (κ3) is 6.19. The average Bonchev–Trinajstić information content (AvgIpc) is 3.13. The summed E-state index contributed by atoms with van der Waals surface area (Å²) < 4.78 is 5.44. The van der Waals surface area contributed by atoms with E-state index < -0.39 is 6.04 Å². The smallest absolute Gasteiger partial charge is 0.243 e. The second-order valence-corrected chi connectivity index (χ2v) is 7.80. The summed E-state index contributed by atoms with van der Waals surface area (Å²) in [4.78, 5) is 27.5. The molecule has 1 fully saturated rings. The van der Waals surface area contributed by atoms with Gasteiger partial charge in [0.2, 0.25) is 11.8 Å². The third-order valence-electron chi connectivity index (χ3n) is 5.18. The molecule has 1 aromatic rings. The minimum atomic E-state index is -0.443. The maximum Gasteiger partial charge on any atom is 0.243 e. The lowest BCUT2D eigenvalue weighted by Gasteiger charge is -2.32. The van der Waals surface area contributed by atoms with E-state index in [-0.39, 0.29) is 17.9 Å². The monoisotopic (exact) mass is 362 g/mol. The second kappa shape index (κ2) is 10.4. The molecule has 1 saturated carbocycles. The highest BCUT2D eigenvalue weighted by Crippen LogP contribution is 2.20. The van der Waals surface area contributed by atoms with Gasteiger partial charge in [-0.15, -0.1) is 0 Å². The molecule has 1 unspecified atom stereocenters. The number of nitrogens with one attached hydrogen (secondary N) is 1. The maximum atomic E-state index is 12.9. The van der Waals surface area contributed by atoms with Crippen LogP contribution in [0.25, 0.3) is 0 Å². The molecule has 0 saturated heterocycles. The molecule has 0 bridgehead atoms. The topological polar surface area (TPSA) is 62.6 Å². The van der Waals surface area contributed by atoms with Crippen molar-refractivity contribution in [2.75, 3.05) is 0 Å². The highest BCUT2D eigenvalue weighted by molar-refractivity contribution is 5.87. The van der Waals surface area contributed by atoms with Crippen LogP contribution in [0.4, 0.5) is 0 Å². The number of hydrogen-bond donors (Lipinski definition) is 1. The minimum absolute atomic E-state index is 0.0242. The summed E-state index contributed by atoms with van der Waals surface area (Å²) in [6.45, 7) is 6.53. The van der Waals surface area contributed by atoms with Crippen molar-refractivity contribution >= 4 is 11.8 Å². The Balaban J connectivity index is 2.07. The molecule has 0 aliphatic heterocycles. The fraction of sp³-hybridized carbons (Fsp3) is 0.714. The summed E-state index contributed by atoms with van der Waals surface area (Å²) in [7, 11) is 0. The van der Waals surface area contributed by atoms with Crippen molar-refractivity contribution in [1.29, 1.82) is 0 Å². The lowest BCUT2D eigenvalue weighted by atomic mass is 9.95. The van der Waals surface area contributed by atoms with Crippen molar-refractivity contribution in [3.05, 3.63) is 24.2 Å². The highest BCUT2D eigenvalue weighted by Gasteiger charge is 2.30. The molecule has 1 atom stereocenters. The van der Waals surface area contributed by atoms with E-state index in [1.807, 2.05) is 19.1 Å². The van der Waals surface area contributed by atoms with Crippen LogP contribution in [0.3, 0.4) is 0 Å². The van der Waals surface area contributed by atoms with Crippen LogP contribution in [0.15, 0.2) is 22.8 Å². The van der Waals surface area contributed by atoms with Crippen LogP contribution in [0.2, 0.25) is 0 Å². The van der Waals surface area contributed by atoms with Gasteiger partial charge in [0.05, 0.1) is 12.8 Å². The van der Waals surface area contributed by atoms with Crippen LogP contribution >= 0.6 is 0 Å². The zero-order valence-electron chi connectivity index (χ0n) is 16.5. The first-order valence-corrected chi connectivity index (χ1v) is 10.1. The van der Waals surface area contributed by atoms with Gasteiger partial charge in [-0.05, 0) is 43.7 Å². The number of furan rings is 1. The molecule has 2 amide bonds. The molecule has 1 N–H and O–H groups in total. The van der Waals surface area contributed by atoms with Crippen molar-refractivity contribution in [3.63, 3.8) is 0 Å². The van der Waals surface area contributed by atoms with E-state index in [1.165, 1.54) is 19.3 Å². The molecule has 1 aromatic heterocycles. The molecule has 1 aliphatic rings. The Bertz CT molecular complexity index is 548. The Morgan fingerprint density at radius 1 is 1.27 bits per heavy atom. The largest absolute Gasteiger partial charge is 0.467 e. The molecule has 26 heavy (non-hydrogen) atoms. The Labute approximate surface area is 157 Å². The molecule has 146 valence electrons. The standard InChI is InChI=1S/C21H34N2O3/c1-4-19(21(25)22-17-9-6-5-7-10-17)23(15-18-11-8-14-26-18)20(24)13-12-16(2)3/h8,11,14,16-17,19H,4-7,9-10,12-13,15H2,1-3H3,(H,22,25). The van der Waals surface area contributed by atoms with E-state index in [2.05, 4.69) is 19.2 Å². The normalized spacial score (nSPS) is 16.5. The molecular formula is C21H34N2O3. The van der Waals surface area contributed by atoms with Crippen LogP contribution in [-0.2, 0) is 16.1 Å². The Hall–Kier alpha value is -1.78. The molecule has 1 aliphatic carbocycles. The molecular weight excluding hydrogens is 328 g/mol. The maximum absolute atomic E-state index is 12.9. The average molecular weight is 363 g/mol. The first kappa shape index (κ1) is 20.5. The van der Waals surface area contributed by atoms with Gasteiger partial charge >= 0.3 is 0 Å². The van der Waals surface area contributed by atoms with Crippen LogP contribution in [0.1, 0.15) is 77.9 Å². The predicted molar refractivity (Wildman–Crippen MR) is 102 cm³/mol. The molecule has 5 nitrogen and oxygen atoms in total. The summed E-state index contributed by atoms with van der Waals surface area (Å²) in [6, 6.07) is 3.48. The zero-order chi connectivity index (χ0) is 18.9. The molecule has 5 heteroatoms. The number of amides is 2. The summed E-state index contributed by atoms with van der Waals surface area (Å²) in [5, 5.41) is 3.19.